The molecule has 0 saturated heterocycles. The number of hydrogen-bond donors (Lipinski definition) is 3. The predicted octanol–water partition coefficient (Wildman–Crippen LogP) is 1.38. The van der Waals surface area contributed by atoms with E-state index in [0.29, 0.717) is 13.1 Å². The van der Waals surface area contributed by atoms with E-state index in [1.165, 1.54) is 5.56 Å². The Kier molecular flexibility index (Phi) is 5.28. The molecule has 2 amide bonds. The topological polar surface area (TPSA) is 83.9 Å². The molecule has 1 aromatic carbocycles. The maximum atomic E-state index is 11.7. The standard InChI is InChI=1S/C14H20N6O/c1-11(15-2)12-3-5-13(6-4-12)18-14(21)16-7-9-20-10-8-17-19-20/h3-6,8,10-11,15H,7,9H2,1-2H3,(H2,16,18,21). The first-order valence-electron chi connectivity index (χ1n) is 6.85. The van der Waals surface area contributed by atoms with E-state index in [1.807, 2.05) is 31.3 Å². The highest BCUT2D eigenvalue weighted by Gasteiger charge is 2.04. The van der Waals surface area contributed by atoms with Crippen LogP contribution in [-0.2, 0) is 6.54 Å². The monoisotopic (exact) mass is 288 g/mol. The van der Waals surface area contributed by atoms with Crippen molar-refractivity contribution in [1.82, 2.24) is 25.6 Å². The zero-order valence-corrected chi connectivity index (χ0v) is 12.2. The molecule has 0 saturated carbocycles. The van der Waals surface area contributed by atoms with Gasteiger partial charge in [0.15, 0.2) is 0 Å². The van der Waals surface area contributed by atoms with Gasteiger partial charge in [0.25, 0.3) is 0 Å². The van der Waals surface area contributed by atoms with Gasteiger partial charge in [-0.25, -0.2) is 4.79 Å². The van der Waals surface area contributed by atoms with E-state index in [0.717, 1.165) is 5.69 Å². The third kappa shape index (κ3) is 4.57. The molecule has 21 heavy (non-hydrogen) atoms. The molecule has 1 unspecified atom stereocenters. The van der Waals surface area contributed by atoms with Crippen molar-refractivity contribution >= 4 is 11.7 Å². The molecule has 1 aromatic heterocycles. The summed E-state index contributed by atoms with van der Waals surface area (Å²) in [5.41, 5.74) is 1.94. The number of amides is 2. The van der Waals surface area contributed by atoms with Crippen molar-refractivity contribution in [3.8, 4) is 0 Å². The summed E-state index contributed by atoms with van der Waals surface area (Å²) in [7, 11) is 1.92. The first-order chi connectivity index (χ1) is 10.2. The Morgan fingerprint density at radius 1 is 1.33 bits per heavy atom. The highest BCUT2D eigenvalue weighted by atomic mass is 16.2. The molecule has 0 radical (unpaired) electrons. The molecule has 7 nitrogen and oxygen atoms in total. The molecule has 1 atom stereocenters. The predicted molar refractivity (Wildman–Crippen MR) is 81.0 cm³/mol. The van der Waals surface area contributed by atoms with Crippen LogP contribution in [0.2, 0.25) is 0 Å². The molecule has 0 aliphatic carbocycles. The molecule has 0 aliphatic heterocycles. The molecule has 2 rings (SSSR count). The maximum absolute atomic E-state index is 11.7. The van der Waals surface area contributed by atoms with Crippen LogP contribution in [0.25, 0.3) is 0 Å². The Morgan fingerprint density at radius 3 is 2.71 bits per heavy atom. The number of rotatable bonds is 6. The molecular formula is C14H20N6O. The molecule has 7 heteroatoms. The molecule has 2 aromatic rings. The molecule has 112 valence electrons. The van der Waals surface area contributed by atoms with Crippen LogP contribution in [0, 0.1) is 0 Å². The average molecular weight is 288 g/mol. The van der Waals surface area contributed by atoms with Gasteiger partial charge in [0.05, 0.1) is 12.7 Å². The molecular weight excluding hydrogens is 268 g/mol. The SMILES string of the molecule is CNC(C)c1ccc(NC(=O)NCCn2ccnn2)cc1. The molecule has 0 aliphatic rings. The first-order valence-corrected chi connectivity index (χ1v) is 6.85. The quantitative estimate of drug-likeness (QED) is 0.750. The summed E-state index contributed by atoms with van der Waals surface area (Å²) < 4.78 is 1.66. The summed E-state index contributed by atoms with van der Waals surface area (Å²) in [6, 6.07) is 7.82. The second-order valence-electron chi connectivity index (χ2n) is 4.68. The number of hydrogen-bond acceptors (Lipinski definition) is 4. The molecule has 0 fully saturated rings. The van der Waals surface area contributed by atoms with E-state index in [9.17, 15) is 4.79 Å². The lowest BCUT2D eigenvalue weighted by Gasteiger charge is -2.12. The largest absolute Gasteiger partial charge is 0.336 e. The van der Waals surface area contributed by atoms with Crippen molar-refractivity contribution in [1.29, 1.82) is 0 Å². The van der Waals surface area contributed by atoms with Gasteiger partial charge in [-0.15, -0.1) is 5.10 Å². The number of aromatic nitrogens is 3. The minimum atomic E-state index is -0.232. The van der Waals surface area contributed by atoms with E-state index in [-0.39, 0.29) is 12.1 Å². The second kappa shape index (κ2) is 7.39. The number of anilines is 1. The average Bonchev–Trinajstić information content (AvgIpc) is 3.00. The Balaban J connectivity index is 1.77. The van der Waals surface area contributed by atoms with Gasteiger partial charge in [-0.3, -0.25) is 4.68 Å². The molecule has 3 N–H and O–H groups in total. The number of carbonyl (C=O) groups is 1. The number of urea groups is 1. The number of nitrogens with one attached hydrogen (secondary N) is 3. The zero-order valence-electron chi connectivity index (χ0n) is 12.2. The van der Waals surface area contributed by atoms with Crippen LogP contribution in [-0.4, -0.2) is 34.6 Å². The lowest BCUT2D eigenvalue weighted by atomic mass is 10.1. The van der Waals surface area contributed by atoms with Crippen LogP contribution in [0.5, 0.6) is 0 Å². The highest BCUT2D eigenvalue weighted by molar-refractivity contribution is 5.89. The van der Waals surface area contributed by atoms with E-state index in [2.05, 4.69) is 33.2 Å². The molecule has 0 bridgehead atoms. The Morgan fingerprint density at radius 2 is 2.10 bits per heavy atom. The number of carbonyl (C=O) groups excluding carboxylic acids is 1. The Labute approximate surface area is 123 Å². The van der Waals surface area contributed by atoms with Gasteiger partial charge in [-0.1, -0.05) is 17.3 Å². The lowest BCUT2D eigenvalue weighted by molar-refractivity contribution is 0.251. The van der Waals surface area contributed by atoms with Crippen LogP contribution in [0.15, 0.2) is 36.7 Å². The number of benzene rings is 1. The van der Waals surface area contributed by atoms with Crippen molar-refractivity contribution < 1.29 is 4.79 Å². The van der Waals surface area contributed by atoms with Crippen molar-refractivity contribution in [2.24, 2.45) is 0 Å². The van der Waals surface area contributed by atoms with Gasteiger partial charge < -0.3 is 16.0 Å². The van der Waals surface area contributed by atoms with Crippen molar-refractivity contribution in [2.45, 2.75) is 19.5 Å². The van der Waals surface area contributed by atoms with Crippen LogP contribution in [0.3, 0.4) is 0 Å². The summed E-state index contributed by atoms with van der Waals surface area (Å²) in [4.78, 5) is 11.7. The zero-order chi connectivity index (χ0) is 15.1. The van der Waals surface area contributed by atoms with Crippen LogP contribution in [0.1, 0.15) is 18.5 Å². The van der Waals surface area contributed by atoms with E-state index in [4.69, 9.17) is 0 Å². The van der Waals surface area contributed by atoms with Gasteiger partial charge in [0, 0.05) is 24.5 Å². The Hall–Kier alpha value is -2.41. The highest BCUT2D eigenvalue weighted by Crippen LogP contribution is 2.15. The molecule has 1 heterocycles. The fourth-order valence-electron chi connectivity index (χ4n) is 1.83. The van der Waals surface area contributed by atoms with Crippen LogP contribution < -0.4 is 16.0 Å². The third-order valence-corrected chi connectivity index (χ3v) is 3.20. The summed E-state index contributed by atoms with van der Waals surface area (Å²) in [5.74, 6) is 0. The number of nitrogens with zero attached hydrogens (tertiary/aromatic N) is 3. The minimum Gasteiger partial charge on any atom is -0.336 e. The fourth-order valence-corrected chi connectivity index (χ4v) is 1.83. The van der Waals surface area contributed by atoms with Gasteiger partial charge >= 0.3 is 6.03 Å². The van der Waals surface area contributed by atoms with Crippen LogP contribution in [0.4, 0.5) is 10.5 Å². The van der Waals surface area contributed by atoms with Gasteiger partial charge in [0.2, 0.25) is 0 Å². The lowest BCUT2D eigenvalue weighted by Crippen LogP contribution is -2.31. The maximum Gasteiger partial charge on any atom is 0.319 e. The molecule has 0 spiro atoms. The van der Waals surface area contributed by atoms with Gasteiger partial charge in [-0.05, 0) is 31.7 Å². The summed E-state index contributed by atoms with van der Waals surface area (Å²) in [5, 5.41) is 16.2. The van der Waals surface area contributed by atoms with Crippen LogP contribution >= 0.6 is 0 Å². The minimum absolute atomic E-state index is 0.232. The summed E-state index contributed by atoms with van der Waals surface area (Å²) in [6.07, 6.45) is 3.36. The van der Waals surface area contributed by atoms with E-state index < -0.39 is 0 Å². The summed E-state index contributed by atoms with van der Waals surface area (Å²) >= 11 is 0. The van der Waals surface area contributed by atoms with Gasteiger partial charge in [0.1, 0.15) is 0 Å². The van der Waals surface area contributed by atoms with Crippen molar-refractivity contribution in [3.05, 3.63) is 42.2 Å². The van der Waals surface area contributed by atoms with Crippen molar-refractivity contribution in [2.75, 3.05) is 18.9 Å². The smallest absolute Gasteiger partial charge is 0.319 e. The fraction of sp³-hybridized carbons (Fsp3) is 0.357. The summed E-state index contributed by atoms with van der Waals surface area (Å²) in [6.45, 7) is 3.16. The normalized spacial score (nSPS) is 11.9. The van der Waals surface area contributed by atoms with E-state index >= 15 is 0 Å². The van der Waals surface area contributed by atoms with Gasteiger partial charge in [-0.2, -0.15) is 0 Å². The van der Waals surface area contributed by atoms with Crippen molar-refractivity contribution in [3.63, 3.8) is 0 Å². The van der Waals surface area contributed by atoms with E-state index in [1.54, 1.807) is 17.1 Å². The first kappa shape index (κ1) is 15.0. The Bertz CT molecular complexity index is 551. The third-order valence-electron chi connectivity index (χ3n) is 3.20. The second-order valence-corrected chi connectivity index (χ2v) is 4.68.